The number of phenols is 1. The number of hydrogen-bond donors (Lipinski definition) is 1. The molecule has 7 nitrogen and oxygen atoms in total. The first-order valence-corrected chi connectivity index (χ1v) is 9.09. The average molecular weight is 400 g/mol. The van der Waals surface area contributed by atoms with Crippen LogP contribution in [0, 0.1) is 0 Å². The van der Waals surface area contributed by atoms with E-state index in [1.54, 1.807) is 12.1 Å². The molecule has 0 spiro atoms. The van der Waals surface area contributed by atoms with Crippen molar-refractivity contribution in [3.05, 3.63) is 51.7 Å². The van der Waals surface area contributed by atoms with E-state index in [0.717, 1.165) is 5.57 Å². The molecule has 1 heterocycles. The monoisotopic (exact) mass is 400 g/mol. The SMILES string of the molecule is COCOc1ccc2oc3c(OCOC)ccc(O)c3c(=O)c2c1CC=C(C)C. The lowest BCUT2D eigenvalue weighted by Gasteiger charge is -2.14. The molecule has 0 unspecified atom stereocenters. The minimum atomic E-state index is -0.360. The maximum atomic E-state index is 13.4. The Morgan fingerprint density at radius 1 is 1.00 bits per heavy atom. The minimum absolute atomic E-state index is 0.0166. The smallest absolute Gasteiger partial charge is 0.204 e. The van der Waals surface area contributed by atoms with Crippen LogP contribution in [0.25, 0.3) is 21.9 Å². The van der Waals surface area contributed by atoms with Crippen LogP contribution in [0.2, 0.25) is 0 Å². The first kappa shape index (κ1) is 20.7. The van der Waals surface area contributed by atoms with E-state index in [1.165, 1.54) is 26.4 Å². The summed E-state index contributed by atoms with van der Waals surface area (Å²) in [7, 11) is 3.02. The first-order valence-electron chi connectivity index (χ1n) is 9.09. The predicted molar refractivity (Wildman–Crippen MR) is 110 cm³/mol. The van der Waals surface area contributed by atoms with Crippen LogP contribution >= 0.6 is 0 Å². The summed E-state index contributed by atoms with van der Waals surface area (Å²) in [5, 5.41) is 10.8. The van der Waals surface area contributed by atoms with Crippen molar-refractivity contribution in [2.24, 2.45) is 0 Å². The number of hydrogen-bond acceptors (Lipinski definition) is 7. The number of allylic oxidation sites excluding steroid dienone is 2. The van der Waals surface area contributed by atoms with Gasteiger partial charge in [0, 0.05) is 19.8 Å². The van der Waals surface area contributed by atoms with Crippen molar-refractivity contribution in [2.75, 3.05) is 27.8 Å². The normalized spacial score (nSPS) is 11.0. The highest BCUT2D eigenvalue weighted by atomic mass is 16.7. The topological polar surface area (TPSA) is 87.4 Å². The van der Waals surface area contributed by atoms with Crippen LogP contribution in [0.1, 0.15) is 19.4 Å². The van der Waals surface area contributed by atoms with Crippen LogP contribution in [-0.4, -0.2) is 32.9 Å². The Labute approximate surface area is 168 Å². The van der Waals surface area contributed by atoms with Crippen molar-refractivity contribution in [2.45, 2.75) is 20.3 Å². The largest absolute Gasteiger partial charge is 0.507 e. The second-order valence-corrected chi connectivity index (χ2v) is 6.72. The summed E-state index contributed by atoms with van der Waals surface area (Å²) in [6, 6.07) is 6.34. The fourth-order valence-electron chi connectivity index (χ4n) is 3.05. The second-order valence-electron chi connectivity index (χ2n) is 6.72. The van der Waals surface area contributed by atoms with Crippen LogP contribution in [0.3, 0.4) is 0 Å². The molecule has 3 aromatic rings. The van der Waals surface area contributed by atoms with Gasteiger partial charge in [0.2, 0.25) is 5.43 Å². The molecule has 0 aliphatic rings. The Morgan fingerprint density at radius 3 is 2.31 bits per heavy atom. The Balaban J connectivity index is 2.34. The zero-order valence-electron chi connectivity index (χ0n) is 16.9. The van der Waals surface area contributed by atoms with E-state index < -0.39 is 0 Å². The zero-order chi connectivity index (χ0) is 21.0. The van der Waals surface area contributed by atoms with Gasteiger partial charge in [-0.05, 0) is 44.5 Å². The van der Waals surface area contributed by atoms with E-state index in [4.69, 9.17) is 23.4 Å². The summed E-state index contributed by atoms with van der Waals surface area (Å²) in [5.74, 6) is 0.649. The number of ether oxygens (including phenoxy) is 4. The lowest BCUT2D eigenvalue weighted by atomic mass is 10.0. The maximum absolute atomic E-state index is 13.4. The Bertz CT molecular complexity index is 1110. The summed E-state index contributed by atoms with van der Waals surface area (Å²) in [6.45, 7) is 3.98. The second kappa shape index (κ2) is 8.98. The standard InChI is InChI=1S/C22H24O7/c1-13(2)5-6-14-16(27-11-25-3)9-10-17-19(14)21(24)20-15(23)7-8-18(22(20)29-17)28-12-26-4/h5,7-10,23H,6,11-12H2,1-4H3. The molecule has 7 heteroatoms. The molecule has 0 bridgehead atoms. The van der Waals surface area contributed by atoms with Crippen LogP contribution < -0.4 is 14.9 Å². The number of methoxy groups -OCH3 is 2. The highest BCUT2D eigenvalue weighted by Crippen LogP contribution is 2.35. The minimum Gasteiger partial charge on any atom is -0.507 e. The van der Waals surface area contributed by atoms with Gasteiger partial charge in [-0.3, -0.25) is 4.79 Å². The molecule has 0 atom stereocenters. The van der Waals surface area contributed by atoms with E-state index in [-0.39, 0.29) is 35.7 Å². The van der Waals surface area contributed by atoms with Gasteiger partial charge in [-0.2, -0.15) is 0 Å². The molecule has 0 aliphatic carbocycles. The van der Waals surface area contributed by atoms with Gasteiger partial charge in [-0.1, -0.05) is 11.6 Å². The highest BCUT2D eigenvalue weighted by Gasteiger charge is 2.20. The van der Waals surface area contributed by atoms with Gasteiger partial charge in [0.25, 0.3) is 0 Å². The van der Waals surface area contributed by atoms with Crippen molar-refractivity contribution in [3.63, 3.8) is 0 Å². The van der Waals surface area contributed by atoms with Gasteiger partial charge in [0.15, 0.2) is 24.9 Å². The Morgan fingerprint density at radius 2 is 1.66 bits per heavy atom. The van der Waals surface area contributed by atoms with Gasteiger partial charge >= 0.3 is 0 Å². The molecule has 154 valence electrons. The molecule has 0 aliphatic heterocycles. The summed E-state index contributed by atoms with van der Waals surface area (Å²) in [5.41, 5.74) is 1.94. The number of rotatable bonds is 8. The van der Waals surface area contributed by atoms with Crippen molar-refractivity contribution >= 4 is 21.9 Å². The fraction of sp³-hybridized carbons (Fsp3) is 0.318. The van der Waals surface area contributed by atoms with Crippen molar-refractivity contribution in [1.29, 1.82) is 0 Å². The lowest BCUT2D eigenvalue weighted by Crippen LogP contribution is -2.09. The third-order valence-corrected chi connectivity index (χ3v) is 4.38. The first-order chi connectivity index (χ1) is 14.0. The lowest BCUT2D eigenvalue weighted by molar-refractivity contribution is 0.0506. The van der Waals surface area contributed by atoms with Crippen LogP contribution in [0.4, 0.5) is 0 Å². The highest BCUT2D eigenvalue weighted by molar-refractivity contribution is 5.97. The fourth-order valence-corrected chi connectivity index (χ4v) is 3.05. The molecule has 1 aromatic heterocycles. The number of benzene rings is 2. The third-order valence-electron chi connectivity index (χ3n) is 4.38. The van der Waals surface area contributed by atoms with E-state index >= 15 is 0 Å². The summed E-state index contributed by atoms with van der Waals surface area (Å²) in [4.78, 5) is 13.4. The third kappa shape index (κ3) is 4.21. The van der Waals surface area contributed by atoms with Crippen LogP contribution in [0.15, 0.2) is 45.1 Å². The number of aromatic hydroxyl groups is 1. The molecule has 1 N–H and O–H groups in total. The van der Waals surface area contributed by atoms with E-state index in [9.17, 15) is 9.90 Å². The quantitative estimate of drug-likeness (QED) is 0.346. The number of fused-ring (bicyclic) bond motifs is 2. The Kier molecular flexibility index (Phi) is 6.41. The maximum Gasteiger partial charge on any atom is 0.204 e. The average Bonchev–Trinajstić information content (AvgIpc) is 2.70. The van der Waals surface area contributed by atoms with Crippen LogP contribution in [-0.2, 0) is 15.9 Å². The molecule has 0 radical (unpaired) electrons. The van der Waals surface area contributed by atoms with Crippen molar-refractivity contribution < 1.29 is 28.5 Å². The molecule has 0 amide bonds. The summed E-state index contributed by atoms with van der Waals surface area (Å²) < 4.78 is 27.1. The van der Waals surface area contributed by atoms with Crippen molar-refractivity contribution in [3.8, 4) is 17.2 Å². The van der Waals surface area contributed by atoms with Crippen molar-refractivity contribution in [1.82, 2.24) is 0 Å². The molecular formula is C22H24O7. The van der Waals surface area contributed by atoms with Gasteiger partial charge in [-0.25, -0.2) is 0 Å². The summed E-state index contributed by atoms with van der Waals surface area (Å²) in [6.07, 6.45) is 2.46. The molecule has 2 aromatic carbocycles. The molecule has 3 rings (SSSR count). The molecule has 29 heavy (non-hydrogen) atoms. The zero-order valence-corrected chi connectivity index (χ0v) is 16.9. The molecule has 0 saturated heterocycles. The van der Waals surface area contributed by atoms with Gasteiger partial charge < -0.3 is 28.5 Å². The predicted octanol–water partition coefficient (Wildman–Crippen LogP) is 4.13. The van der Waals surface area contributed by atoms with E-state index in [1.807, 2.05) is 19.9 Å². The molecule has 0 fully saturated rings. The van der Waals surface area contributed by atoms with E-state index in [0.29, 0.717) is 34.5 Å². The van der Waals surface area contributed by atoms with Crippen LogP contribution in [0.5, 0.6) is 17.2 Å². The Hall–Kier alpha value is -3.03. The molecular weight excluding hydrogens is 376 g/mol. The summed E-state index contributed by atoms with van der Waals surface area (Å²) >= 11 is 0. The van der Waals surface area contributed by atoms with E-state index in [2.05, 4.69) is 0 Å². The van der Waals surface area contributed by atoms with Gasteiger partial charge in [0.1, 0.15) is 22.5 Å². The van der Waals surface area contributed by atoms with Gasteiger partial charge in [0.05, 0.1) is 5.39 Å². The molecule has 0 saturated carbocycles. The van der Waals surface area contributed by atoms with Gasteiger partial charge in [-0.15, -0.1) is 0 Å². The number of phenolic OH excluding ortho intramolecular Hbond substituents is 1.